The van der Waals surface area contributed by atoms with Crippen LogP contribution in [0.2, 0.25) is 5.02 Å². The smallest absolute Gasteiger partial charge is 0.307 e. The normalized spacial score (nSPS) is 13.3. The number of nitrogens with zero attached hydrogens (tertiary/aromatic N) is 1. The van der Waals surface area contributed by atoms with Crippen LogP contribution in [0.3, 0.4) is 0 Å². The minimum absolute atomic E-state index is 0.134. The predicted molar refractivity (Wildman–Crippen MR) is 89.3 cm³/mol. The summed E-state index contributed by atoms with van der Waals surface area (Å²) in [6.07, 6.45) is 0. The second kappa shape index (κ2) is 8.52. The van der Waals surface area contributed by atoms with Crippen LogP contribution in [0.25, 0.3) is 0 Å². The zero-order chi connectivity index (χ0) is 17.6. The van der Waals surface area contributed by atoms with Crippen molar-refractivity contribution in [2.24, 2.45) is 11.8 Å². The van der Waals surface area contributed by atoms with E-state index in [-0.39, 0.29) is 19.1 Å². The molecule has 0 aromatic heterocycles. The zero-order valence-corrected chi connectivity index (χ0v) is 15.0. The third-order valence-corrected chi connectivity index (χ3v) is 5.64. The highest BCUT2D eigenvalue weighted by molar-refractivity contribution is 7.89. The second-order valence-electron chi connectivity index (χ2n) is 5.59. The number of likely N-dealkylation sites (N-methyl/N-ethyl adjacent to an activating group) is 1. The number of carboxylic acids is 1. The van der Waals surface area contributed by atoms with Gasteiger partial charge >= 0.3 is 5.97 Å². The van der Waals surface area contributed by atoms with Gasteiger partial charge in [-0.2, -0.15) is 0 Å². The van der Waals surface area contributed by atoms with Crippen molar-refractivity contribution in [2.75, 3.05) is 26.0 Å². The molecular formula is C15H22ClNO5S. The maximum absolute atomic E-state index is 12.2. The van der Waals surface area contributed by atoms with Gasteiger partial charge in [0.15, 0.2) is 0 Å². The van der Waals surface area contributed by atoms with Crippen molar-refractivity contribution >= 4 is 27.6 Å². The number of sulfonamides is 1. The molecule has 1 aromatic rings. The summed E-state index contributed by atoms with van der Waals surface area (Å²) in [5.41, 5.74) is 0. The molecule has 23 heavy (non-hydrogen) atoms. The average Bonchev–Trinajstić information content (AvgIpc) is 2.46. The van der Waals surface area contributed by atoms with Crippen molar-refractivity contribution in [3.63, 3.8) is 0 Å². The van der Waals surface area contributed by atoms with Crippen molar-refractivity contribution in [2.45, 2.75) is 13.8 Å². The Morgan fingerprint density at radius 2 is 1.87 bits per heavy atom. The third-order valence-electron chi connectivity index (χ3n) is 3.48. The van der Waals surface area contributed by atoms with Gasteiger partial charge in [-0.15, -0.1) is 0 Å². The lowest BCUT2D eigenvalue weighted by atomic mass is 9.98. The number of halogens is 1. The van der Waals surface area contributed by atoms with Gasteiger partial charge in [0.2, 0.25) is 10.0 Å². The predicted octanol–water partition coefficient (Wildman–Crippen LogP) is 2.34. The van der Waals surface area contributed by atoms with Crippen LogP contribution in [0.15, 0.2) is 24.3 Å². The number of ether oxygens (including phenoxy) is 1. The summed E-state index contributed by atoms with van der Waals surface area (Å²) in [4.78, 5) is 11.1. The number of hydrogen-bond donors (Lipinski definition) is 1. The van der Waals surface area contributed by atoms with Crippen LogP contribution < -0.4 is 4.74 Å². The largest absolute Gasteiger partial charge is 0.492 e. The molecule has 0 amide bonds. The first-order valence-electron chi connectivity index (χ1n) is 7.18. The number of aliphatic carboxylic acids is 1. The number of hydrogen-bond acceptors (Lipinski definition) is 4. The van der Waals surface area contributed by atoms with E-state index in [9.17, 15) is 13.2 Å². The van der Waals surface area contributed by atoms with E-state index in [4.69, 9.17) is 21.4 Å². The maximum Gasteiger partial charge on any atom is 0.307 e. The molecule has 0 saturated heterocycles. The first-order valence-corrected chi connectivity index (χ1v) is 9.17. The van der Waals surface area contributed by atoms with Crippen LogP contribution in [0.1, 0.15) is 13.8 Å². The van der Waals surface area contributed by atoms with Gasteiger partial charge in [0.1, 0.15) is 12.4 Å². The van der Waals surface area contributed by atoms with E-state index in [0.29, 0.717) is 10.8 Å². The Morgan fingerprint density at radius 1 is 1.30 bits per heavy atom. The standard InChI is InChI=1S/C15H22ClNO5S/c1-11(2)14(15(18)19)10-23(20,21)17(3)8-9-22-13-6-4-12(16)5-7-13/h4-7,11,14H,8-10H2,1-3H3,(H,18,19). The van der Waals surface area contributed by atoms with Crippen molar-refractivity contribution in [3.05, 3.63) is 29.3 Å². The van der Waals surface area contributed by atoms with E-state index >= 15 is 0 Å². The summed E-state index contributed by atoms with van der Waals surface area (Å²) < 4.78 is 31.0. The molecular weight excluding hydrogens is 342 g/mol. The fourth-order valence-corrected chi connectivity index (χ4v) is 3.58. The summed E-state index contributed by atoms with van der Waals surface area (Å²) in [6, 6.07) is 6.74. The first kappa shape index (κ1) is 19.7. The fourth-order valence-electron chi connectivity index (χ4n) is 1.86. The highest BCUT2D eigenvalue weighted by atomic mass is 35.5. The molecule has 130 valence electrons. The highest BCUT2D eigenvalue weighted by Gasteiger charge is 2.30. The van der Waals surface area contributed by atoms with Crippen molar-refractivity contribution in [3.8, 4) is 5.75 Å². The number of benzene rings is 1. The summed E-state index contributed by atoms with van der Waals surface area (Å²) in [7, 11) is -2.24. The Labute approximate surface area is 142 Å². The van der Waals surface area contributed by atoms with Gasteiger partial charge in [0.05, 0.1) is 11.7 Å². The molecule has 1 aromatic carbocycles. The van der Waals surface area contributed by atoms with Crippen LogP contribution in [-0.4, -0.2) is 49.8 Å². The SMILES string of the molecule is CC(C)C(CS(=O)(=O)N(C)CCOc1ccc(Cl)cc1)C(=O)O. The van der Waals surface area contributed by atoms with Crippen LogP contribution >= 0.6 is 11.6 Å². The molecule has 0 aliphatic rings. The minimum Gasteiger partial charge on any atom is -0.492 e. The van der Waals surface area contributed by atoms with Crippen LogP contribution in [0.4, 0.5) is 0 Å². The maximum atomic E-state index is 12.2. The Kier molecular flexibility index (Phi) is 7.31. The molecule has 6 nitrogen and oxygen atoms in total. The molecule has 1 unspecified atom stereocenters. The lowest BCUT2D eigenvalue weighted by Gasteiger charge is -2.22. The van der Waals surface area contributed by atoms with Gasteiger partial charge in [-0.05, 0) is 30.2 Å². The van der Waals surface area contributed by atoms with Gasteiger partial charge < -0.3 is 9.84 Å². The number of carboxylic acid groups (broad SMARTS) is 1. The number of carbonyl (C=O) groups is 1. The molecule has 0 heterocycles. The van der Waals surface area contributed by atoms with Gasteiger partial charge in [-0.1, -0.05) is 25.4 Å². The molecule has 0 bridgehead atoms. The quantitative estimate of drug-likeness (QED) is 0.728. The van der Waals surface area contributed by atoms with Crippen LogP contribution in [0.5, 0.6) is 5.75 Å². The van der Waals surface area contributed by atoms with Gasteiger partial charge in [0.25, 0.3) is 0 Å². The highest BCUT2D eigenvalue weighted by Crippen LogP contribution is 2.17. The lowest BCUT2D eigenvalue weighted by Crippen LogP contribution is -2.38. The summed E-state index contributed by atoms with van der Waals surface area (Å²) in [6.45, 7) is 3.68. The van der Waals surface area contributed by atoms with E-state index in [1.54, 1.807) is 38.1 Å². The first-order chi connectivity index (χ1) is 10.6. The van der Waals surface area contributed by atoms with Crippen molar-refractivity contribution in [1.29, 1.82) is 0 Å². The lowest BCUT2D eigenvalue weighted by molar-refractivity contribution is -0.142. The second-order valence-corrected chi connectivity index (χ2v) is 8.15. The topological polar surface area (TPSA) is 83.9 Å². The molecule has 0 aliphatic heterocycles. The van der Waals surface area contributed by atoms with Crippen LogP contribution in [-0.2, 0) is 14.8 Å². The van der Waals surface area contributed by atoms with E-state index < -0.39 is 27.7 Å². The van der Waals surface area contributed by atoms with Gasteiger partial charge in [-0.25, -0.2) is 12.7 Å². The summed E-state index contributed by atoms with van der Waals surface area (Å²) in [5, 5.41) is 9.71. The Balaban J connectivity index is 2.56. The Morgan fingerprint density at radius 3 is 2.35 bits per heavy atom. The molecule has 0 fully saturated rings. The molecule has 1 N–H and O–H groups in total. The van der Waals surface area contributed by atoms with Crippen LogP contribution in [0, 0.1) is 11.8 Å². The van der Waals surface area contributed by atoms with Crippen molar-refractivity contribution in [1.82, 2.24) is 4.31 Å². The Hall–Kier alpha value is -1.31. The molecule has 1 rings (SSSR count). The average molecular weight is 364 g/mol. The molecule has 0 radical (unpaired) electrons. The third kappa shape index (κ3) is 6.37. The summed E-state index contributed by atoms with van der Waals surface area (Å²) in [5.74, 6) is -2.13. The zero-order valence-electron chi connectivity index (χ0n) is 13.4. The van der Waals surface area contributed by atoms with Gasteiger partial charge in [-0.3, -0.25) is 4.79 Å². The monoisotopic (exact) mass is 363 g/mol. The van der Waals surface area contributed by atoms with E-state index in [1.165, 1.54) is 7.05 Å². The fraction of sp³-hybridized carbons (Fsp3) is 0.533. The summed E-state index contributed by atoms with van der Waals surface area (Å²) >= 11 is 5.76. The number of rotatable bonds is 9. The van der Waals surface area contributed by atoms with Gasteiger partial charge in [0, 0.05) is 18.6 Å². The van der Waals surface area contributed by atoms with Crippen molar-refractivity contribution < 1.29 is 23.1 Å². The Bertz CT molecular complexity index is 615. The minimum atomic E-state index is -3.66. The van der Waals surface area contributed by atoms with E-state index in [2.05, 4.69) is 0 Å². The molecule has 1 atom stereocenters. The molecule has 8 heteroatoms. The molecule has 0 aliphatic carbocycles. The molecule has 0 spiro atoms. The van der Waals surface area contributed by atoms with E-state index in [0.717, 1.165) is 4.31 Å². The van der Waals surface area contributed by atoms with E-state index in [1.807, 2.05) is 0 Å². The molecule has 0 saturated carbocycles.